The lowest BCUT2D eigenvalue weighted by Gasteiger charge is -2.37. The molecule has 0 amide bonds. The third kappa shape index (κ3) is 2.75. The molecule has 2 rings (SSSR count). The van der Waals surface area contributed by atoms with Crippen molar-refractivity contribution in [2.75, 3.05) is 37.3 Å². The van der Waals surface area contributed by atoms with Crippen LogP contribution >= 0.6 is 0 Å². The summed E-state index contributed by atoms with van der Waals surface area (Å²) in [5, 5.41) is 0. The van der Waals surface area contributed by atoms with E-state index < -0.39 is 0 Å². The second-order valence-corrected chi connectivity index (χ2v) is 4.98. The molecule has 18 heavy (non-hydrogen) atoms. The van der Waals surface area contributed by atoms with Crippen molar-refractivity contribution in [2.45, 2.75) is 25.8 Å². The van der Waals surface area contributed by atoms with E-state index in [0.29, 0.717) is 11.7 Å². The summed E-state index contributed by atoms with van der Waals surface area (Å²) in [5.74, 6) is -0.225. The fourth-order valence-electron chi connectivity index (χ4n) is 2.64. The van der Waals surface area contributed by atoms with Gasteiger partial charge in [-0.05, 0) is 37.6 Å². The van der Waals surface area contributed by atoms with E-state index in [0.717, 1.165) is 38.2 Å². The van der Waals surface area contributed by atoms with Gasteiger partial charge in [0.1, 0.15) is 5.82 Å². The van der Waals surface area contributed by atoms with E-state index >= 15 is 0 Å². The minimum absolute atomic E-state index is 0.225. The van der Waals surface area contributed by atoms with Crippen LogP contribution < -0.4 is 10.6 Å². The minimum atomic E-state index is -0.225. The highest BCUT2D eigenvalue weighted by atomic mass is 19.1. The molecule has 100 valence electrons. The average Bonchev–Trinajstić information content (AvgIpc) is 2.41. The number of nitrogens with zero attached hydrogens (tertiary/aromatic N) is 2. The van der Waals surface area contributed by atoms with Gasteiger partial charge < -0.3 is 15.5 Å². The van der Waals surface area contributed by atoms with Crippen LogP contribution in [0, 0.1) is 5.82 Å². The summed E-state index contributed by atoms with van der Waals surface area (Å²) in [6.45, 7) is 5.52. The molecule has 4 heteroatoms. The van der Waals surface area contributed by atoms with E-state index in [4.69, 9.17) is 5.73 Å². The van der Waals surface area contributed by atoms with E-state index in [-0.39, 0.29) is 5.82 Å². The van der Waals surface area contributed by atoms with E-state index in [1.165, 1.54) is 12.1 Å². The summed E-state index contributed by atoms with van der Waals surface area (Å²) in [5.41, 5.74) is 7.39. The van der Waals surface area contributed by atoms with Crippen molar-refractivity contribution in [1.29, 1.82) is 0 Å². The summed E-state index contributed by atoms with van der Waals surface area (Å²) in [4.78, 5) is 4.57. The molecule has 0 bridgehead atoms. The number of rotatable bonds is 3. The average molecular weight is 251 g/mol. The van der Waals surface area contributed by atoms with Crippen molar-refractivity contribution in [2.24, 2.45) is 0 Å². The first-order valence-electron chi connectivity index (χ1n) is 6.62. The first-order chi connectivity index (χ1) is 8.61. The number of benzene rings is 1. The molecule has 3 nitrogen and oxygen atoms in total. The second-order valence-electron chi connectivity index (χ2n) is 4.98. The van der Waals surface area contributed by atoms with Crippen LogP contribution in [-0.4, -0.2) is 37.6 Å². The quantitative estimate of drug-likeness (QED) is 0.837. The number of halogens is 1. The van der Waals surface area contributed by atoms with Crippen molar-refractivity contribution < 1.29 is 4.39 Å². The Bertz CT molecular complexity index is 400. The lowest BCUT2D eigenvalue weighted by molar-refractivity contribution is 0.221. The summed E-state index contributed by atoms with van der Waals surface area (Å²) in [7, 11) is 2.01. The highest BCUT2D eigenvalue weighted by molar-refractivity contribution is 5.67. The van der Waals surface area contributed by atoms with Gasteiger partial charge in [-0.2, -0.15) is 0 Å². The smallest absolute Gasteiger partial charge is 0.125 e. The van der Waals surface area contributed by atoms with Crippen molar-refractivity contribution in [3.05, 3.63) is 24.0 Å². The van der Waals surface area contributed by atoms with Crippen LogP contribution in [0.4, 0.5) is 15.8 Å². The third-order valence-electron chi connectivity index (χ3n) is 3.92. The van der Waals surface area contributed by atoms with Gasteiger partial charge in [0.05, 0.1) is 11.4 Å². The zero-order valence-electron chi connectivity index (χ0n) is 11.2. The molecule has 0 aromatic heterocycles. The Morgan fingerprint density at radius 3 is 2.67 bits per heavy atom. The molecule has 0 aliphatic carbocycles. The number of piperidine rings is 1. The van der Waals surface area contributed by atoms with Crippen LogP contribution in [0.1, 0.15) is 19.8 Å². The Kier molecular flexibility index (Phi) is 4.07. The van der Waals surface area contributed by atoms with Gasteiger partial charge in [0.2, 0.25) is 0 Å². The molecule has 2 N–H and O–H groups in total. The summed E-state index contributed by atoms with van der Waals surface area (Å²) in [6.07, 6.45) is 2.22. The molecule has 1 fully saturated rings. The van der Waals surface area contributed by atoms with Gasteiger partial charge in [-0.25, -0.2) is 4.39 Å². The monoisotopic (exact) mass is 251 g/mol. The predicted molar refractivity (Wildman–Crippen MR) is 74.4 cm³/mol. The standard InChI is InChI=1S/C14H22FN3/c1-3-18-8-6-12(7-9-18)17(2)14-10-11(15)4-5-13(14)16/h4-5,10,12H,3,6-9,16H2,1-2H3. The van der Waals surface area contributed by atoms with Gasteiger partial charge >= 0.3 is 0 Å². The molecule has 1 heterocycles. The Hall–Kier alpha value is -1.29. The topological polar surface area (TPSA) is 32.5 Å². The van der Waals surface area contributed by atoms with Crippen molar-refractivity contribution in [1.82, 2.24) is 4.90 Å². The maximum Gasteiger partial charge on any atom is 0.125 e. The third-order valence-corrected chi connectivity index (χ3v) is 3.92. The molecule has 0 atom stereocenters. The molecule has 1 saturated heterocycles. The Balaban J connectivity index is 2.07. The van der Waals surface area contributed by atoms with Crippen LogP contribution in [-0.2, 0) is 0 Å². The van der Waals surface area contributed by atoms with E-state index in [9.17, 15) is 4.39 Å². The number of hydrogen-bond donors (Lipinski definition) is 1. The molecule has 1 aliphatic heterocycles. The van der Waals surface area contributed by atoms with Gasteiger partial charge in [0.25, 0.3) is 0 Å². The highest BCUT2D eigenvalue weighted by Gasteiger charge is 2.22. The van der Waals surface area contributed by atoms with Crippen molar-refractivity contribution >= 4 is 11.4 Å². The second kappa shape index (κ2) is 5.57. The number of likely N-dealkylation sites (tertiary alicyclic amines) is 1. The fourth-order valence-corrected chi connectivity index (χ4v) is 2.64. The molecule has 1 aromatic carbocycles. The van der Waals surface area contributed by atoms with Crippen LogP contribution in [0.25, 0.3) is 0 Å². The fraction of sp³-hybridized carbons (Fsp3) is 0.571. The molecule has 0 saturated carbocycles. The Morgan fingerprint density at radius 2 is 2.06 bits per heavy atom. The lowest BCUT2D eigenvalue weighted by Crippen LogP contribution is -2.43. The van der Waals surface area contributed by atoms with Gasteiger partial charge in [0.15, 0.2) is 0 Å². The van der Waals surface area contributed by atoms with Crippen LogP contribution in [0.5, 0.6) is 0 Å². The molecule has 0 unspecified atom stereocenters. The maximum atomic E-state index is 13.3. The first-order valence-corrected chi connectivity index (χ1v) is 6.62. The van der Waals surface area contributed by atoms with E-state index in [1.807, 2.05) is 7.05 Å². The van der Waals surface area contributed by atoms with E-state index in [2.05, 4.69) is 16.7 Å². The molecular formula is C14H22FN3. The molecule has 1 aromatic rings. The van der Waals surface area contributed by atoms with Crippen LogP contribution in [0.15, 0.2) is 18.2 Å². The summed E-state index contributed by atoms with van der Waals surface area (Å²) < 4.78 is 13.3. The first kappa shape index (κ1) is 13.1. The Morgan fingerprint density at radius 1 is 1.39 bits per heavy atom. The van der Waals surface area contributed by atoms with Crippen molar-refractivity contribution in [3.8, 4) is 0 Å². The lowest BCUT2D eigenvalue weighted by atomic mass is 10.0. The summed E-state index contributed by atoms with van der Waals surface area (Å²) >= 11 is 0. The largest absolute Gasteiger partial charge is 0.397 e. The van der Waals surface area contributed by atoms with E-state index in [1.54, 1.807) is 6.07 Å². The SMILES string of the molecule is CCN1CCC(N(C)c2cc(F)ccc2N)CC1. The van der Waals surface area contributed by atoms with Gasteiger partial charge in [0, 0.05) is 26.2 Å². The molecule has 0 spiro atoms. The van der Waals surface area contributed by atoms with Gasteiger partial charge in [-0.1, -0.05) is 6.92 Å². The van der Waals surface area contributed by atoms with Crippen LogP contribution in [0.2, 0.25) is 0 Å². The van der Waals surface area contributed by atoms with Gasteiger partial charge in [-0.15, -0.1) is 0 Å². The number of hydrogen-bond acceptors (Lipinski definition) is 3. The zero-order valence-corrected chi connectivity index (χ0v) is 11.2. The number of nitrogens with two attached hydrogens (primary N) is 1. The predicted octanol–water partition coefficient (Wildman–Crippen LogP) is 2.33. The summed E-state index contributed by atoms with van der Waals surface area (Å²) in [6, 6.07) is 5.04. The molecule has 0 radical (unpaired) electrons. The van der Waals surface area contributed by atoms with Crippen molar-refractivity contribution in [3.63, 3.8) is 0 Å². The normalized spacial score (nSPS) is 17.9. The highest BCUT2D eigenvalue weighted by Crippen LogP contribution is 2.27. The number of anilines is 2. The number of nitrogen functional groups attached to an aromatic ring is 1. The van der Waals surface area contributed by atoms with Crippen LogP contribution in [0.3, 0.4) is 0 Å². The minimum Gasteiger partial charge on any atom is -0.397 e. The maximum absolute atomic E-state index is 13.3. The molecule has 1 aliphatic rings. The Labute approximate surface area is 108 Å². The van der Waals surface area contributed by atoms with Gasteiger partial charge in [-0.3, -0.25) is 0 Å². The molecular weight excluding hydrogens is 229 g/mol. The zero-order chi connectivity index (χ0) is 13.1.